The van der Waals surface area contributed by atoms with Gasteiger partial charge in [-0.3, -0.25) is 4.79 Å². The number of carboxylic acids is 1. The summed E-state index contributed by atoms with van der Waals surface area (Å²) in [7, 11) is 0. The summed E-state index contributed by atoms with van der Waals surface area (Å²) in [6.07, 6.45) is 4.42. The van der Waals surface area contributed by atoms with Crippen LogP contribution in [0.3, 0.4) is 0 Å². The Morgan fingerprint density at radius 2 is 1.83 bits per heavy atom. The monoisotopic (exact) mass is 242 g/mol. The Morgan fingerprint density at radius 1 is 1.11 bits per heavy atom. The molecular weight excluding hydrogens is 232 g/mol. The van der Waals surface area contributed by atoms with Crippen molar-refractivity contribution in [1.82, 2.24) is 0 Å². The molecule has 0 atom stereocenters. The molecule has 0 saturated heterocycles. The number of carboxylic acid groups (broad SMARTS) is 1. The second-order valence-corrected chi connectivity index (χ2v) is 3.60. The Labute approximate surface area is 103 Å². The van der Waals surface area contributed by atoms with Gasteiger partial charge in [0.2, 0.25) is 5.78 Å². The Hall–Kier alpha value is -2.62. The van der Waals surface area contributed by atoms with Gasteiger partial charge in [0, 0.05) is 0 Å². The molecule has 18 heavy (non-hydrogen) atoms. The third-order valence-electron chi connectivity index (χ3n) is 2.35. The zero-order valence-electron chi connectivity index (χ0n) is 9.37. The van der Waals surface area contributed by atoms with E-state index in [1.165, 1.54) is 24.5 Å². The van der Waals surface area contributed by atoms with Crippen LogP contribution in [0.25, 0.3) is 6.08 Å². The minimum atomic E-state index is -0.975. The summed E-state index contributed by atoms with van der Waals surface area (Å²) < 4.78 is 4.96. The van der Waals surface area contributed by atoms with Crippen LogP contribution in [0.2, 0.25) is 0 Å². The molecule has 0 saturated carbocycles. The minimum absolute atomic E-state index is 0.213. The molecule has 4 heteroatoms. The molecule has 2 aromatic rings. The van der Waals surface area contributed by atoms with Crippen molar-refractivity contribution in [2.75, 3.05) is 0 Å². The molecule has 0 amide bonds. The Bertz CT molecular complexity index is 577. The first-order valence-electron chi connectivity index (χ1n) is 5.26. The molecule has 1 heterocycles. The molecule has 0 radical (unpaired) electrons. The lowest BCUT2D eigenvalue weighted by atomic mass is 10.1. The molecular formula is C14H10O4. The number of carbonyl (C=O) groups is 2. The summed E-state index contributed by atoms with van der Waals surface area (Å²) in [5.74, 6) is -0.937. The lowest BCUT2D eigenvalue weighted by Gasteiger charge is -1.95. The standard InChI is InChI=1S/C14H10O4/c15-12(13-2-1-9-18-13)8-5-10-3-6-11(7-4-10)14(16)17/h1-9H,(H,16,17). The largest absolute Gasteiger partial charge is 0.478 e. The van der Waals surface area contributed by atoms with Crippen LogP contribution in [0, 0.1) is 0 Å². The highest BCUT2D eigenvalue weighted by molar-refractivity contribution is 6.04. The van der Waals surface area contributed by atoms with Crippen molar-refractivity contribution in [3.05, 3.63) is 65.6 Å². The third kappa shape index (κ3) is 2.74. The van der Waals surface area contributed by atoms with Crippen molar-refractivity contribution < 1.29 is 19.1 Å². The zero-order valence-corrected chi connectivity index (χ0v) is 9.37. The van der Waals surface area contributed by atoms with E-state index < -0.39 is 5.97 Å². The molecule has 1 aromatic heterocycles. The van der Waals surface area contributed by atoms with Crippen LogP contribution in [0.4, 0.5) is 0 Å². The Balaban J connectivity index is 2.09. The molecule has 0 spiro atoms. The van der Waals surface area contributed by atoms with E-state index in [1.807, 2.05) is 0 Å². The normalized spacial score (nSPS) is 10.7. The molecule has 0 bridgehead atoms. The molecule has 4 nitrogen and oxygen atoms in total. The highest BCUT2D eigenvalue weighted by Crippen LogP contribution is 2.08. The van der Waals surface area contributed by atoms with Crippen molar-refractivity contribution in [3.8, 4) is 0 Å². The number of furan rings is 1. The van der Waals surface area contributed by atoms with E-state index in [1.54, 1.807) is 30.3 Å². The Morgan fingerprint density at radius 3 is 2.39 bits per heavy atom. The van der Waals surface area contributed by atoms with Gasteiger partial charge >= 0.3 is 5.97 Å². The fraction of sp³-hybridized carbons (Fsp3) is 0. The molecule has 0 fully saturated rings. The highest BCUT2D eigenvalue weighted by Gasteiger charge is 2.04. The maximum absolute atomic E-state index is 11.6. The van der Waals surface area contributed by atoms with E-state index in [-0.39, 0.29) is 17.1 Å². The van der Waals surface area contributed by atoms with Crippen LogP contribution in [-0.4, -0.2) is 16.9 Å². The van der Waals surface area contributed by atoms with Gasteiger partial charge in [-0.15, -0.1) is 0 Å². The predicted molar refractivity (Wildman–Crippen MR) is 65.5 cm³/mol. The third-order valence-corrected chi connectivity index (χ3v) is 2.35. The van der Waals surface area contributed by atoms with Gasteiger partial charge in [0.25, 0.3) is 0 Å². The first-order chi connectivity index (χ1) is 8.66. The predicted octanol–water partition coefficient (Wildman–Crippen LogP) is 2.87. The second-order valence-electron chi connectivity index (χ2n) is 3.60. The van der Waals surface area contributed by atoms with E-state index in [0.29, 0.717) is 0 Å². The number of hydrogen-bond acceptors (Lipinski definition) is 3. The zero-order chi connectivity index (χ0) is 13.0. The smallest absolute Gasteiger partial charge is 0.335 e. The average Bonchev–Trinajstić information content (AvgIpc) is 2.90. The molecule has 1 aromatic carbocycles. The second kappa shape index (κ2) is 5.14. The van der Waals surface area contributed by atoms with Crippen LogP contribution >= 0.6 is 0 Å². The molecule has 1 N–H and O–H groups in total. The van der Waals surface area contributed by atoms with Crippen LogP contribution in [0.15, 0.2) is 53.2 Å². The van der Waals surface area contributed by atoms with Gasteiger partial charge in [-0.2, -0.15) is 0 Å². The van der Waals surface area contributed by atoms with Crippen LogP contribution < -0.4 is 0 Å². The SMILES string of the molecule is O=C(O)c1ccc(C=CC(=O)c2ccco2)cc1. The maximum Gasteiger partial charge on any atom is 0.335 e. The minimum Gasteiger partial charge on any atom is -0.478 e. The van der Waals surface area contributed by atoms with Crippen molar-refractivity contribution in [3.63, 3.8) is 0 Å². The first kappa shape index (κ1) is 11.9. The molecule has 2 rings (SSSR count). The molecule has 90 valence electrons. The van der Waals surface area contributed by atoms with Crippen molar-refractivity contribution in [1.29, 1.82) is 0 Å². The lowest BCUT2D eigenvalue weighted by Crippen LogP contribution is -1.95. The van der Waals surface area contributed by atoms with Gasteiger partial charge in [0.05, 0.1) is 11.8 Å². The van der Waals surface area contributed by atoms with Crippen molar-refractivity contribution in [2.45, 2.75) is 0 Å². The topological polar surface area (TPSA) is 67.5 Å². The number of allylic oxidation sites excluding steroid dienone is 1. The summed E-state index contributed by atoms with van der Waals surface area (Å²) in [4.78, 5) is 22.2. The van der Waals surface area contributed by atoms with Crippen LogP contribution in [0.1, 0.15) is 26.5 Å². The fourth-order valence-corrected chi connectivity index (χ4v) is 1.41. The summed E-state index contributed by atoms with van der Waals surface area (Å²) in [6.45, 7) is 0. The van der Waals surface area contributed by atoms with Gasteiger partial charge < -0.3 is 9.52 Å². The number of ketones is 1. The summed E-state index contributed by atoms with van der Waals surface area (Å²) in [5.41, 5.74) is 0.962. The number of carbonyl (C=O) groups excluding carboxylic acids is 1. The molecule has 0 unspecified atom stereocenters. The number of rotatable bonds is 4. The quantitative estimate of drug-likeness (QED) is 0.661. The van der Waals surface area contributed by atoms with E-state index in [2.05, 4.69) is 0 Å². The number of hydrogen-bond donors (Lipinski definition) is 1. The number of benzene rings is 1. The molecule has 0 aliphatic rings. The van der Waals surface area contributed by atoms with E-state index in [4.69, 9.17) is 9.52 Å². The van der Waals surface area contributed by atoms with E-state index in [0.717, 1.165) is 5.56 Å². The van der Waals surface area contributed by atoms with Gasteiger partial charge in [-0.1, -0.05) is 18.2 Å². The van der Waals surface area contributed by atoms with Gasteiger partial charge in [0.15, 0.2) is 5.76 Å². The fourth-order valence-electron chi connectivity index (χ4n) is 1.41. The van der Waals surface area contributed by atoms with Crippen LogP contribution in [0.5, 0.6) is 0 Å². The average molecular weight is 242 g/mol. The number of aromatic carboxylic acids is 1. The van der Waals surface area contributed by atoms with E-state index in [9.17, 15) is 9.59 Å². The van der Waals surface area contributed by atoms with Gasteiger partial charge in [0.1, 0.15) is 0 Å². The summed E-state index contributed by atoms with van der Waals surface area (Å²) in [6, 6.07) is 9.46. The van der Waals surface area contributed by atoms with Crippen molar-refractivity contribution in [2.24, 2.45) is 0 Å². The lowest BCUT2D eigenvalue weighted by molar-refractivity contribution is 0.0696. The Kier molecular flexibility index (Phi) is 3.38. The summed E-state index contributed by atoms with van der Waals surface area (Å²) in [5, 5.41) is 8.73. The highest BCUT2D eigenvalue weighted by atomic mass is 16.4. The van der Waals surface area contributed by atoms with Crippen molar-refractivity contribution >= 4 is 17.8 Å². The molecule has 0 aliphatic carbocycles. The van der Waals surface area contributed by atoms with Gasteiger partial charge in [-0.25, -0.2) is 4.79 Å². The first-order valence-corrected chi connectivity index (χ1v) is 5.26. The molecule has 0 aliphatic heterocycles. The van der Waals surface area contributed by atoms with E-state index >= 15 is 0 Å². The van der Waals surface area contributed by atoms with Crippen LogP contribution in [-0.2, 0) is 0 Å². The maximum atomic E-state index is 11.6. The summed E-state index contributed by atoms with van der Waals surface area (Å²) >= 11 is 0. The van der Waals surface area contributed by atoms with Gasteiger partial charge in [-0.05, 0) is 35.9 Å².